The van der Waals surface area contributed by atoms with Gasteiger partial charge in [-0.3, -0.25) is 0 Å². The lowest BCUT2D eigenvalue weighted by Gasteiger charge is -2.22. The van der Waals surface area contributed by atoms with Gasteiger partial charge in [-0.25, -0.2) is 4.79 Å². The third-order valence-electron chi connectivity index (χ3n) is 1.47. The van der Waals surface area contributed by atoms with E-state index in [1.54, 1.807) is 6.92 Å². The fourth-order valence-electron chi connectivity index (χ4n) is 0.540. The minimum Gasteiger partial charge on any atom is -0.479 e. The van der Waals surface area contributed by atoms with E-state index in [1.807, 2.05) is 0 Å². The number of hydrogen-bond donors (Lipinski definition) is 3. The summed E-state index contributed by atoms with van der Waals surface area (Å²) in [5.74, 6) is -1.40. The number of carboxylic acids is 1. The monoisotopic (exact) mass is 148 g/mol. The van der Waals surface area contributed by atoms with Crippen molar-refractivity contribution in [1.29, 1.82) is 0 Å². The number of aliphatic hydroxyl groups excluding tert-OH is 1. The molecule has 3 N–H and O–H groups in total. The number of rotatable bonds is 3. The lowest BCUT2D eigenvalue weighted by atomic mass is 9.98. The van der Waals surface area contributed by atoms with Crippen LogP contribution >= 0.6 is 0 Å². The molecule has 0 aliphatic heterocycles. The Balaban J connectivity index is 4.23. The van der Waals surface area contributed by atoms with Crippen LogP contribution in [0.4, 0.5) is 0 Å². The van der Waals surface area contributed by atoms with E-state index in [-0.39, 0.29) is 6.42 Å². The largest absolute Gasteiger partial charge is 0.479 e. The highest BCUT2D eigenvalue weighted by Crippen LogP contribution is 2.12. The molecular formula is C6H12O4. The van der Waals surface area contributed by atoms with Gasteiger partial charge in [0.1, 0.15) is 0 Å². The summed E-state index contributed by atoms with van der Waals surface area (Å²) >= 11 is 0. The van der Waals surface area contributed by atoms with Gasteiger partial charge in [0.2, 0.25) is 0 Å². The zero-order valence-corrected chi connectivity index (χ0v) is 6.03. The Hall–Kier alpha value is -0.610. The van der Waals surface area contributed by atoms with Crippen molar-refractivity contribution in [3.8, 4) is 0 Å². The number of carbonyl (C=O) groups is 1. The average Bonchev–Trinajstić information content (AvgIpc) is 1.86. The quantitative estimate of drug-likeness (QED) is 0.508. The summed E-state index contributed by atoms with van der Waals surface area (Å²) in [5, 5.41) is 26.3. The summed E-state index contributed by atoms with van der Waals surface area (Å²) in [6, 6.07) is 0. The molecule has 0 bridgehead atoms. The Bertz CT molecular complexity index is 130. The van der Waals surface area contributed by atoms with Crippen molar-refractivity contribution >= 4 is 5.97 Å². The average molecular weight is 148 g/mol. The molecule has 2 atom stereocenters. The van der Waals surface area contributed by atoms with Crippen LogP contribution in [0.5, 0.6) is 0 Å². The molecule has 0 rings (SSSR count). The molecule has 0 aliphatic rings. The second kappa shape index (κ2) is 2.98. The predicted molar refractivity (Wildman–Crippen MR) is 34.6 cm³/mol. The highest BCUT2D eigenvalue weighted by molar-refractivity contribution is 5.77. The third-order valence-corrected chi connectivity index (χ3v) is 1.47. The number of aliphatic carboxylic acids is 1. The second-order valence-corrected chi connectivity index (χ2v) is 2.38. The molecule has 4 heteroatoms. The molecule has 0 spiro atoms. The van der Waals surface area contributed by atoms with Crippen LogP contribution in [0.1, 0.15) is 20.3 Å². The van der Waals surface area contributed by atoms with Gasteiger partial charge in [-0.2, -0.15) is 0 Å². The van der Waals surface area contributed by atoms with Crippen LogP contribution < -0.4 is 0 Å². The molecule has 0 fully saturated rings. The first-order chi connectivity index (χ1) is 4.42. The van der Waals surface area contributed by atoms with Crippen LogP contribution in [-0.2, 0) is 4.79 Å². The predicted octanol–water partition coefficient (Wildman–Crippen LogP) is -0.407. The van der Waals surface area contributed by atoms with Gasteiger partial charge in [0.25, 0.3) is 0 Å². The molecule has 4 nitrogen and oxygen atoms in total. The van der Waals surface area contributed by atoms with Crippen LogP contribution in [0.15, 0.2) is 0 Å². The lowest BCUT2D eigenvalue weighted by Crippen LogP contribution is -2.46. The summed E-state index contributed by atoms with van der Waals surface area (Å²) in [4.78, 5) is 10.2. The van der Waals surface area contributed by atoms with Crippen LogP contribution in [0.25, 0.3) is 0 Å². The topological polar surface area (TPSA) is 77.8 Å². The number of aliphatic hydroxyl groups is 2. The van der Waals surface area contributed by atoms with E-state index < -0.39 is 17.7 Å². The number of hydrogen-bond acceptors (Lipinski definition) is 3. The minimum atomic E-state index is -2.02. The van der Waals surface area contributed by atoms with E-state index in [4.69, 9.17) is 15.3 Å². The molecule has 0 heterocycles. The molecule has 0 aliphatic carbocycles. The molecule has 0 saturated heterocycles. The normalized spacial score (nSPS) is 19.6. The molecule has 10 heavy (non-hydrogen) atoms. The van der Waals surface area contributed by atoms with Gasteiger partial charge in [-0.05, 0) is 13.3 Å². The first kappa shape index (κ1) is 9.39. The van der Waals surface area contributed by atoms with E-state index in [0.29, 0.717) is 0 Å². The van der Waals surface area contributed by atoms with Gasteiger partial charge in [-0.15, -0.1) is 0 Å². The summed E-state index contributed by atoms with van der Waals surface area (Å²) in [6.45, 7) is 2.67. The van der Waals surface area contributed by atoms with Gasteiger partial charge in [-0.1, -0.05) is 6.92 Å². The number of carboxylic acid groups (broad SMARTS) is 1. The Morgan fingerprint density at radius 3 is 2.20 bits per heavy atom. The maximum Gasteiger partial charge on any atom is 0.338 e. The smallest absolute Gasteiger partial charge is 0.338 e. The first-order valence-corrected chi connectivity index (χ1v) is 3.06. The summed E-state index contributed by atoms with van der Waals surface area (Å²) < 4.78 is 0. The highest BCUT2D eigenvalue weighted by Gasteiger charge is 2.36. The van der Waals surface area contributed by atoms with E-state index in [1.165, 1.54) is 0 Å². The molecule has 0 aromatic carbocycles. The Morgan fingerprint density at radius 1 is 1.70 bits per heavy atom. The van der Waals surface area contributed by atoms with Crippen LogP contribution in [-0.4, -0.2) is 33.0 Å². The molecule has 0 unspecified atom stereocenters. The van der Waals surface area contributed by atoms with Crippen molar-refractivity contribution in [1.82, 2.24) is 0 Å². The van der Waals surface area contributed by atoms with Gasteiger partial charge >= 0.3 is 5.97 Å². The van der Waals surface area contributed by atoms with Gasteiger partial charge in [0.05, 0.1) is 6.10 Å². The van der Waals surface area contributed by atoms with Crippen molar-refractivity contribution in [2.24, 2.45) is 0 Å². The second-order valence-electron chi connectivity index (χ2n) is 2.38. The lowest BCUT2D eigenvalue weighted by molar-refractivity contribution is -0.168. The zero-order chi connectivity index (χ0) is 8.36. The van der Waals surface area contributed by atoms with E-state index >= 15 is 0 Å². The molecule has 0 amide bonds. The summed E-state index contributed by atoms with van der Waals surface area (Å²) in [7, 11) is 0. The van der Waals surface area contributed by atoms with Crippen LogP contribution in [0.3, 0.4) is 0 Å². The third kappa shape index (κ3) is 1.68. The van der Waals surface area contributed by atoms with E-state index in [2.05, 4.69) is 0 Å². The van der Waals surface area contributed by atoms with Crippen LogP contribution in [0, 0.1) is 0 Å². The van der Waals surface area contributed by atoms with Crippen molar-refractivity contribution in [2.75, 3.05) is 0 Å². The highest BCUT2D eigenvalue weighted by atomic mass is 16.4. The fourth-order valence-corrected chi connectivity index (χ4v) is 0.540. The molecule has 0 radical (unpaired) electrons. The van der Waals surface area contributed by atoms with Crippen molar-refractivity contribution < 1.29 is 20.1 Å². The Morgan fingerprint density at radius 2 is 2.10 bits per heavy atom. The maximum absolute atomic E-state index is 10.2. The molecular weight excluding hydrogens is 136 g/mol. The van der Waals surface area contributed by atoms with Crippen LogP contribution in [0.2, 0.25) is 0 Å². The molecule has 0 aromatic heterocycles. The zero-order valence-electron chi connectivity index (χ0n) is 6.03. The van der Waals surface area contributed by atoms with Gasteiger partial charge in [0.15, 0.2) is 5.60 Å². The minimum absolute atomic E-state index is 0.222. The van der Waals surface area contributed by atoms with Gasteiger partial charge < -0.3 is 15.3 Å². The standard InChI is InChI=1S/C6H12O4/c1-3-4(7)6(2,10)5(8)9/h4,7,10H,3H2,1-2H3,(H,8,9)/t4-,6+/m0/s1. The Kier molecular flexibility index (Phi) is 2.80. The van der Waals surface area contributed by atoms with Crippen molar-refractivity contribution in [3.63, 3.8) is 0 Å². The molecule has 0 aromatic rings. The summed E-state index contributed by atoms with van der Waals surface area (Å²) in [5.41, 5.74) is -2.02. The maximum atomic E-state index is 10.2. The SMILES string of the molecule is CC[C@H](O)[C@@](C)(O)C(=O)O. The van der Waals surface area contributed by atoms with Crippen molar-refractivity contribution in [2.45, 2.75) is 32.0 Å². The molecule has 0 saturated carbocycles. The fraction of sp³-hybridized carbons (Fsp3) is 0.833. The van der Waals surface area contributed by atoms with Gasteiger partial charge in [0, 0.05) is 0 Å². The van der Waals surface area contributed by atoms with E-state index in [0.717, 1.165) is 6.92 Å². The Labute approximate surface area is 59.1 Å². The first-order valence-electron chi connectivity index (χ1n) is 3.06. The summed E-state index contributed by atoms with van der Waals surface area (Å²) in [6.07, 6.45) is -0.982. The molecule has 60 valence electrons. The van der Waals surface area contributed by atoms with Crippen molar-refractivity contribution in [3.05, 3.63) is 0 Å². The van der Waals surface area contributed by atoms with E-state index in [9.17, 15) is 4.79 Å².